The Kier molecular flexibility index (Phi) is 64.0. The third-order valence-electron chi connectivity index (χ3n) is 15.5. The Balaban J connectivity index is 5.31. The second kappa shape index (κ2) is 66.4. The molecule has 0 aliphatic heterocycles. The van der Waals surface area contributed by atoms with Crippen LogP contribution in [0.3, 0.4) is 0 Å². The fourth-order valence-electron chi connectivity index (χ4n) is 9.96. The van der Waals surface area contributed by atoms with Gasteiger partial charge in [0.25, 0.3) is 0 Å². The van der Waals surface area contributed by atoms with Crippen LogP contribution in [0.1, 0.15) is 323 Å². The quantitative estimate of drug-likeness (QED) is 0.0169. The van der Waals surface area contributed by atoms with Gasteiger partial charge in [-0.1, -0.05) is 294 Å². The topological polar surface area (TPSA) is 237 Å². The van der Waals surface area contributed by atoms with E-state index in [0.29, 0.717) is 32.1 Å². The standard InChI is InChI=1S/C73H132O17P2/c1-5-9-13-17-21-25-29-31-32-33-34-36-40-42-46-50-54-58-71(76)84-64-69(90-73(78)60-56-52-48-44-38-28-24-20-16-12-8-4)66-88-92(81,82)86-62-67(74)61-85-91(79,80)87-65-68(89-72(77)59-55-51-47-43-37-27-23-19-15-11-7-3)63-83-70(75)57-53-49-45-41-39-35-30-26-22-18-14-10-6-2/h9,13,21,25,31-32,34,36,42,46,67-69,74H,5-8,10-12,14-20,22-24,26-30,33,35,37-41,43-45,47-66H2,1-4H3,(H,79,80)(H,81,82)/b13-9-,25-21-,32-31-,36-34-,46-42-. The summed E-state index contributed by atoms with van der Waals surface area (Å²) in [6.07, 6.45) is 62.4. The summed E-state index contributed by atoms with van der Waals surface area (Å²) in [4.78, 5) is 72.5. The van der Waals surface area contributed by atoms with Gasteiger partial charge in [-0.05, 0) is 64.2 Å². The predicted octanol–water partition coefficient (Wildman–Crippen LogP) is 20.3. The van der Waals surface area contributed by atoms with E-state index in [2.05, 4.69) is 76.3 Å². The highest BCUT2D eigenvalue weighted by molar-refractivity contribution is 7.47. The summed E-state index contributed by atoms with van der Waals surface area (Å²) in [6, 6.07) is 0. The van der Waals surface area contributed by atoms with Crippen molar-refractivity contribution in [3.05, 3.63) is 60.8 Å². The maximum absolute atomic E-state index is 13.0. The highest BCUT2D eigenvalue weighted by Crippen LogP contribution is 2.45. The number of phosphoric ester groups is 2. The molecule has 19 heteroatoms. The number of aliphatic hydroxyl groups is 1. The summed E-state index contributed by atoms with van der Waals surface area (Å²) >= 11 is 0. The molecule has 0 spiro atoms. The maximum Gasteiger partial charge on any atom is 0.472 e. The van der Waals surface area contributed by atoms with Gasteiger partial charge in [0, 0.05) is 25.7 Å². The molecule has 0 amide bonds. The van der Waals surface area contributed by atoms with Crippen LogP contribution in [0, 0.1) is 0 Å². The van der Waals surface area contributed by atoms with Crippen LogP contribution < -0.4 is 0 Å². The highest BCUT2D eigenvalue weighted by atomic mass is 31.2. The van der Waals surface area contributed by atoms with E-state index in [-0.39, 0.29) is 25.7 Å². The average molecular weight is 1340 g/mol. The Morgan fingerprint density at radius 3 is 0.870 bits per heavy atom. The van der Waals surface area contributed by atoms with Crippen molar-refractivity contribution in [3.63, 3.8) is 0 Å². The van der Waals surface area contributed by atoms with E-state index >= 15 is 0 Å². The number of hydrogen-bond acceptors (Lipinski definition) is 15. The van der Waals surface area contributed by atoms with Crippen LogP contribution in [0.2, 0.25) is 0 Å². The first kappa shape index (κ1) is 88.8. The van der Waals surface area contributed by atoms with Crippen LogP contribution in [0.5, 0.6) is 0 Å². The fourth-order valence-corrected chi connectivity index (χ4v) is 11.5. The van der Waals surface area contributed by atoms with Crippen LogP contribution >= 0.6 is 15.6 Å². The van der Waals surface area contributed by atoms with Crippen molar-refractivity contribution < 1.29 is 80.2 Å². The van der Waals surface area contributed by atoms with E-state index in [0.717, 1.165) is 103 Å². The molecule has 0 aromatic heterocycles. The number of aliphatic hydroxyl groups excluding tert-OH is 1. The SMILES string of the molecule is CC/C=C\C/C=C\C/C=C\C/C=C\C/C=C\CCCC(=O)OCC(COP(=O)(O)OCC(O)COP(=O)(O)OCC(COC(=O)CCCCCCCCCCCCCCC)OC(=O)CCCCCCCCCCCCC)OC(=O)CCCCCCCCCCCCC. The molecule has 0 aromatic carbocycles. The van der Waals surface area contributed by atoms with E-state index < -0.39 is 97.5 Å². The third-order valence-corrected chi connectivity index (χ3v) is 17.4. The van der Waals surface area contributed by atoms with E-state index in [1.54, 1.807) is 0 Å². The van der Waals surface area contributed by atoms with Crippen molar-refractivity contribution >= 4 is 39.5 Å². The van der Waals surface area contributed by atoms with Gasteiger partial charge in [-0.25, -0.2) is 9.13 Å². The van der Waals surface area contributed by atoms with Gasteiger partial charge in [-0.2, -0.15) is 0 Å². The van der Waals surface area contributed by atoms with Crippen molar-refractivity contribution in [3.8, 4) is 0 Å². The molecule has 0 radical (unpaired) electrons. The number of allylic oxidation sites excluding steroid dienone is 10. The lowest BCUT2D eigenvalue weighted by Gasteiger charge is -2.21. The summed E-state index contributed by atoms with van der Waals surface area (Å²) in [5.41, 5.74) is 0. The van der Waals surface area contributed by atoms with E-state index in [1.165, 1.54) is 135 Å². The average Bonchev–Trinajstić information content (AvgIpc) is 2.31. The summed E-state index contributed by atoms with van der Waals surface area (Å²) < 4.78 is 68.2. The van der Waals surface area contributed by atoms with E-state index in [4.69, 9.17) is 37.0 Å². The first-order valence-corrected chi connectivity index (χ1v) is 39.5. The molecular weight excluding hydrogens is 1210 g/mol. The Morgan fingerprint density at radius 1 is 0.315 bits per heavy atom. The zero-order valence-electron chi connectivity index (χ0n) is 58.2. The number of ether oxygens (including phenoxy) is 4. The molecule has 0 aliphatic rings. The van der Waals surface area contributed by atoms with Crippen LogP contribution in [-0.2, 0) is 65.4 Å². The molecule has 0 aliphatic carbocycles. The van der Waals surface area contributed by atoms with Crippen molar-refractivity contribution in [1.82, 2.24) is 0 Å². The normalized spacial score (nSPS) is 14.4. The lowest BCUT2D eigenvalue weighted by Crippen LogP contribution is -2.30. The smallest absolute Gasteiger partial charge is 0.462 e. The summed E-state index contributed by atoms with van der Waals surface area (Å²) in [7, 11) is -9.93. The van der Waals surface area contributed by atoms with E-state index in [9.17, 15) is 43.2 Å². The second-order valence-corrected chi connectivity index (χ2v) is 27.4. The Morgan fingerprint density at radius 2 is 0.565 bits per heavy atom. The van der Waals surface area contributed by atoms with Crippen LogP contribution in [0.4, 0.5) is 0 Å². The minimum atomic E-state index is -4.97. The van der Waals surface area contributed by atoms with Gasteiger partial charge in [0.2, 0.25) is 0 Å². The third kappa shape index (κ3) is 65.4. The fraction of sp³-hybridized carbons (Fsp3) is 0.808. The molecular formula is C73H132O17P2. The van der Waals surface area contributed by atoms with Gasteiger partial charge in [0.1, 0.15) is 19.3 Å². The first-order chi connectivity index (χ1) is 44.7. The number of hydrogen-bond donors (Lipinski definition) is 3. The monoisotopic (exact) mass is 1340 g/mol. The molecule has 5 unspecified atom stereocenters. The molecule has 0 heterocycles. The molecule has 3 N–H and O–H groups in total. The van der Waals surface area contributed by atoms with Crippen molar-refractivity contribution in [2.75, 3.05) is 39.6 Å². The highest BCUT2D eigenvalue weighted by Gasteiger charge is 2.30. The number of phosphoric acid groups is 2. The van der Waals surface area contributed by atoms with Gasteiger partial charge < -0.3 is 33.8 Å². The maximum atomic E-state index is 13.0. The van der Waals surface area contributed by atoms with Gasteiger partial charge in [-0.15, -0.1) is 0 Å². The Labute approximate surface area is 559 Å². The van der Waals surface area contributed by atoms with Gasteiger partial charge >= 0.3 is 39.5 Å². The molecule has 0 bridgehead atoms. The van der Waals surface area contributed by atoms with Crippen molar-refractivity contribution in [2.24, 2.45) is 0 Å². The molecule has 0 rings (SSSR count). The Hall–Kier alpha value is -3.24. The van der Waals surface area contributed by atoms with E-state index in [1.807, 2.05) is 12.2 Å². The van der Waals surface area contributed by atoms with Crippen molar-refractivity contribution in [1.29, 1.82) is 0 Å². The zero-order valence-corrected chi connectivity index (χ0v) is 60.0. The molecule has 0 saturated carbocycles. The summed E-state index contributed by atoms with van der Waals surface area (Å²) in [5, 5.41) is 10.6. The van der Waals surface area contributed by atoms with Crippen molar-refractivity contribution in [2.45, 2.75) is 341 Å². The minimum absolute atomic E-state index is 0.0878. The molecule has 0 saturated heterocycles. The lowest BCUT2D eigenvalue weighted by molar-refractivity contribution is -0.161. The zero-order chi connectivity index (χ0) is 67.5. The molecule has 17 nitrogen and oxygen atoms in total. The van der Waals surface area contributed by atoms with Gasteiger partial charge in [-0.3, -0.25) is 37.3 Å². The van der Waals surface area contributed by atoms with Gasteiger partial charge in [0.05, 0.1) is 26.4 Å². The van der Waals surface area contributed by atoms with Crippen LogP contribution in [0.15, 0.2) is 60.8 Å². The van der Waals surface area contributed by atoms with Crippen LogP contribution in [-0.4, -0.2) is 96.7 Å². The molecule has 0 fully saturated rings. The first-order valence-electron chi connectivity index (χ1n) is 36.5. The number of unbranched alkanes of at least 4 members (excludes halogenated alkanes) is 33. The number of carbonyl (C=O) groups is 4. The number of esters is 4. The van der Waals surface area contributed by atoms with Gasteiger partial charge in [0.15, 0.2) is 12.2 Å². The van der Waals surface area contributed by atoms with Crippen LogP contribution in [0.25, 0.3) is 0 Å². The minimum Gasteiger partial charge on any atom is -0.462 e. The Bertz CT molecular complexity index is 1990. The molecule has 92 heavy (non-hydrogen) atoms. The number of carbonyl (C=O) groups excluding carboxylic acids is 4. The largest absolute Gasteiger partial charge is 0.472 e. The predicted molar refractivity (Wildman–Crippen MR) is 372 cm³/mol. The number of rotatable bonds is 69. The second-order valence-electron chi connectivity index (χ2n) is 24.5. The lowest BCUT2D eigenvalue weighted by atomic mass is 10.0. The molecule has 536 valence electrons. The molecule has 0 aromatic rings. The molecule has 5 atom stereocenters. The summed E-state index contributed by atoms with van der Waals surface area (Å²) in [6.45, 7) is 4.71. The summed E-state index contributed by atoms with van der Waals surface area (Å²) in [5.74, 6) is -2.21.